The lowest BCUT2D eigenvalue weighted by atomic mass is 10.2. The van der Waals surface area contributed by atoms with Gasteiger partial charge in [-0.2, -0.15) is 0 Å². The highest BCUT2D eigenvalue weighted by Gasteiger charge is 2.04. The van der Waals surface area contributed by atoms with E-state index in [1.807, 2.05) is 55.4 Å². The van der Waals surface area contributed by atoms with Crippen molar-refractivity contribution in [2.24, 2.45) is 0 Å². The molecule has 4 nitrogen and oxygen atoms in total. The molecule has 0 aliphatic heterocycles. The SMILES string of the molecule is CN(C)c1ccc(NC(=O)Cc2cccnc2)cc1. The highest BCUT2D eigenvalue weighted by Crippen LogP contribution is 2.15. The molecule has 0 unspecified atom stereocenters. The molecule has 1 N–H and O–H groups in total. The van der Waals surface area contributed by atoms with Gasteiger partial charge in [0.1, 0.15) is 0 Å². The van der Waals surface area contributed by atoms with Crippen molar-refractivity contribution >= 4 is 17.3 Å². The summed E-state index contributed by atoms with van der Waals surface area (Å²) in [6.45, 7) is 0. The van der Waals surface area contributed by atoms with Crippen LogP contribution in [0.15, 0.2) is 48.8 Å². The molecule has 0 radical (unpaired) electrons. The van der Waals surface area contributed by atoms with Crippen molar-refractivity contribution in [1.29, 1.82) is 0 Å². The lowest BCUT2D eigenvalue weighted by Gasteiger charge is -2.13. The van der Waals surface area contributed by atoms with Gasteiger partial charge in [-0.25, -0.2) is 0 Å². The average Bonchev–Trinajstić information content (AvgIpc) is 2.40. The van der Waals surface area contributed by atoms with Gasteiger partial charge in [-0.1, -0.05) is 6.07 Å². The lowest BCUT2D eigenvalue weighted by molar-refractivity contribution is -0.115. The van der Waals surface area contributed by atoms with Crippen LogP contribution in [-0.2, 0) is 11.2 Å². The number of carbonyl (C=O) groups excluding carboxylic acids is 1. The van der Waals surface area contributed by atoms with E-state index in [0.717, 1.165) is 16.9 Å². The number of hydrogen-bond donors (Lipinski definition) is 1. The number of nitrogens with zero attached hydrogens (tertiary/aromatic N) is 2. The van der Waals surface area contributed by atoms with E-state index in [0.29, 0.717) is 6.42 Å². The number of carbonyl (C=O) groups is 1. The molecule has 1 heterocycles. The standard InChI is InChI=1S/C15H17N3O/c1-18(2)14-7-5-13(6-8-14)17-15(19)10-12-4-3-9-16-11-12/h3-9,11H,10H2,1-2H3,(H,17,19). The van der Waals surface area contributed by atoms with Crippen LogP contribution in [0.3, 0.4) is 0 Å². The maximum absolute atomic E-state index is 11.9. The van der Waals surface area contributed by atoms with Gasteiger partial charge in [0.25, 0.3) is 0 Å². The second-order valence-electron chi connectivity index (χ2n) is 4.53. The number of nitrogens with one attached hydrogen (secondary N) is 1. The van der Waals surface area contributed by atoms with Crippen LogP contribution in [-0.4, -0.2) is 25.0 Å². The number of benzene rings is 1. The van der Waals surface area contributed by atoms with E-state index in [1.165, 1.54) is 0 Å². The Morgan fingerprint density at radius 2 is 1.95 bits per heavy atom. The Morgan fingerprint density at radius 1 is 1.21 bits per heavy atom. The van der Waals surface area contributed by atoms with Crippen molar-refractivity contribution in [3.8, 4) is 0 Å². The van der Waals surface area contributed by atoms with Crippen LogP contribution in [0.5, 0.6) is 0 Å². The molecular formula is C15H17N3O. The minimum Gasteiger partial charge on any atom is -0.378 e. The molecule has 0 spiro atoms. The van der Waals surface area contributed by atoms with Crippen LogP contribution in [0, 0.1) is 0 Å². The van der Waals surface area contributed by atoms with E-state index in [1.54, 1.807) is 12.4 Å². The molecule has 0 saturated carbocycles. The minimum atomic E-state index is -0.0365. The number of aromatic nitrogens is 1. The fraction of sp³-hybridized carbons (Fsp3) is 0.200. The number of pyridine rings is 1. The van der Waals surface area contributed by atoms with Gasteiger partial charge in [0.05, 0.1) is 6.42 Å². The number of hydrogen-bond acceptors (Lipinski definition) is 3. The van der Waals surface area contributed by atoms with Gasteiger partial charge < -0.3 is 10.2 Å². The number of amides is 1. The second kappa shape index (κ2) is 6.00. The third-order valence-electron chi connectivity index (χ3n) is 2.75. The predicted octanol–water partition coefficient (Wildman–Crippen LogP) is 2.33. The number of rotatable bonds is 4. The molecule has 2 rings (SSSR count). The largest absolute Gasteiger partial charge is 0.378 e. The van der Waals surface area contributed by atoms with Crippen molar-refractivity contribution in [3.63, 3.8) is 0 Å². The molecule has 1 aromatic carbocycles. The first kappa shape index (κ1) is 13.1. The van der Waals surface area contributed by atoms with Gasteiger partial charge in [-0.3, -0.25) is 9.78 Å². The first-order valence-corrected chi connectivity index (χ1v) is 6.11. The van der Waals surface area contributed by atoms with E-state index in [9.17, 15) is 4.79 Å². The van der Waals surface area contributed by atoms with E-state index in [2.05, 4.69) is 10.3 Å². The average molecular weight is 255 g/mol. The summed E-state index contributed by atoms with van der Waals surface area (Å²) in [5.41, 5.74) is 2.81. The van der Waals surface area contributed by atoms with E-state index in [4.69, 9.17) is 0 Å². The zero-order valence-electron chi connectivity index (χ0n) is 11.1. The van der Waals surface area contributed by atoms with Crippen LogP contribution >= 0.6 is 0 Å². The molecule has 0 aliphatic carbocycles. The summed E-state index contributed by atoms with van der Waals surface area (Å²) in [4.78, 5) is 17.9. The van der Waals surface area contributed by atoms with Gasteiger partial charge in [0.15, 0.2) is 0 Å². The Kier molecular flexibility index (Phi) is 4.13. The Bertz CT molecular complexity index is 535. The fourth-order valence-electron chi connectivity index (χ4n) is 1.74. The maximum Gasteiger partial charge on any atom is 0.228 e. The van der Waals surface area contributed by atoms with Gasteiger partial charge in [0, 0.05) is 37.9 Å². The summed E-state index contributed by atoms with van der Waals surface area (Å²) in [5.74, 6) is -0.0365. The summed E-state index contributed by atoms with van der Waals surface area (Å²) >= 11 is 0. The summed E-state index contributed by atoms with van der Waals surface area (Å²) in [7, 11) is 3.96. The molecule has 0 saturated heterocycles. The Morgan fingerprint density at radius 3 is 2.53 bits per heavy atom. The molecule has 0 atom stereocenters. The molecule has 2 aromatic rings. The molecular weight excluding hydrogens is 238 g/mol. The molecule has 1 aromatic heterocycles. The monoisotopic (exact) mass is 255 g/mol. The minimum absolute atomic E-state index is 0.0365. The topological polar surface area (TPSA) is 45.2 Å². The number of anilines is 2. The third kappa shape index (κ3) is 3.81. The third-order valence-corrected chi connectivity index (χ3v) is 2.75. The summed E-state index contributed by atoms with van der Waals surface area (Å²) in [6, 6.07) is 11.5. The molecule has 0 aliphatic rings. The molecule has 0 bridgehead atoms. The van der Waals surface area contributed by atoms with Gasteiger partial charge in [-0.15, -0.1) is 0 Å². The summed E-state index contributed by atoms with van der Waals surface area (Å²) in [5, 5.41) is 2.87. The van der Waals surface area contributed by atoms with Gasteiger partial charge >= 0.3 is 0 Å². The quantitative estimate of drug-likeness (QED) is 0.912. The van der Waals surface area contributed by atoms with Crippen LogP contribution in [0.25, 0.3) is 0 Å². The van der Waals surface area contributed by atoms with Gasteiger partial charge in [0.2, 0.25) is 5.91 Å². The highest BCUT2D eigenvalue weighted by atomic mass is 16.1. The van der Waals surface area contributed by atoms with E-state index in [-0.39, 0.29) is 5.91 Å². The van der Waals surface area contributed by atoms with Crippen LogP contribution in [0.2, 0.25) is 0 Å². The van der Waals surface area contributed by atoms with E-state index >= 15 is 0 Å². The zero-order chi connectivity index (χ0) is 13.7. The summed E-state index contributed by atoms with van der Waals surface area (Å²) in [6.07, 6.45) is 3.74. The molecule has 98 valence electrons. The normalized spacial score (nSPS) is 10.0. The zero-order valence-corrected chi connectivity index (χ0v) is 11.1. The Balaban J connectivity index is 1.95. The first-order valence-electron chi connectivity index (χ1n) is 6.11. The lowest BCUT2D eigenvalue weighted by Crippen LogP contribution is -2.14. The van der Waals surface area contributed by atoms with Crippen molar-refractivity contribution in [2.75, 3.05) is 24.3 Å². The first-order chi connectivity index (χ1) is 9.15. The van der Waals surface area contributed by atoms with Crippen LogP contribution in [0.4, 0.5) is 11.4 Å². The van der Waals surface area contributed by atoms with Crippen LogP contribution < -0.4 is 10.2 Å². The second-order valence-corrected chi connectivity index (χ2v) is 4.53. The molecule has 19 heavy (non-hydrogen) atoms. The summed E-state index contributed by atoms with van der Waals surface area (Å²) < 4.78 is 0. The van der Waals surface area contributed by atoms with Gasteiger partial charge in [-0.05, 0) is 35.9 Å². The highest BCUT2D eigenvalue weighted by molar-refractivity contribution is 5.92. The van der Waals surface area contributed by atoms with Crippen molar-refractivity contribution < 1.29 is 4.79 Å². The van der Waals surface area contributed by atoms with E-state index < -0.39 is 0 Å². The maximum atomic E-state index is 11.9. The molecule has 4 heteroatoms. The Labute approximate surface area is 113 Å². The molecule has 1 amide bonds. The smallest absolute Gasteiger partial charge is 0.228 e. The predicted molar refractivity (Wildman–Crippen MR) is 77.3 cm³/mol. The fourth-order valence-corrected chi connectivity index (χ4v) is 1.74. The van der Waals surface area contributed by atoms with Crippen molar-refractivity contribution in [2.45, 2.75) is 6.42 Å². The van der Waals surface area contributed by atoms with Crippen molar-refractivity contribution in [3.05, 3.63) is 54.4 Å². The Hall–Kier alpha value is -2.36. The van der Waals surface area contributed by atoms with Crippen LogP contribution in [0.1, 0.15) is 5.56 Å². The molecule has 0 fully saturated rings. The van der Waals surface area contributed by atoms with Crippen molar-refractivity contribution in [1.82, 2.24) is 4.98 Å².